The molecular weight excluding hydrogens is 164 g/mol. The van der Waals surface area contributed by atoms with Crippen molar-refractivity contribution < 1.29 is 4.42 Å². The van der Waals surface area contributed by atoms with Crippen molar-refractivity contribution in [2.24, 2.45) is 5.84 Å². The van der Waals surface area contributed by atoms with Crippen LogP contribution in [0.5, 0.6) is 0 Å². The molecular formula is C10H12N2O. The van der Waals surface area contributed by atoms with E-state index in [-0.39, 0.29) is 0 Å². The van der Waals surface area contributed by atoms with Crippen LogP contribution in [-0.4, -0.2) is 0 Å². The second-order valence-electron chi connectivity index (χ2n) is 3.03. The third kappa shape index (κ3) is 1.32. The fraction of sp³-hybridized carbons (Fsp3) is 0.200. The topological polar surface area (TPSA) is 51.2 Å². The molecule has 0 fully saturated rings. The van der Waals surface area contributed by atoms with Crippen LogP contribution in [0.3, 0.4) is 0 Å². The first-order valence-corrected chi connectivity index (χ1v) is 4.23. The summed E-state index contributed by atoms with van der Waals surface area (Å²) in [5.74, 6) is 6.15. The zero-order valence-corrected chi connectivity index (χ0v) is 7.50. The molecule has 1 heterocycles. The van der Waals surface area contributed by atoms with E-state index in [2.05, 4.69) is 5.43 Å². The lowest BCUT2D eigenvalue weighted by molar-refractivity contribution is 0.517. The molecule has 0 unspecified atom stereocenters. The maximum Gasteiger partial charge on any atom is 0.134 e. The van der Waals surface area contributed by atoms with Gasteiger partial charge in [-0.05, 0) is 18.6 Å². The zero-order valence-electron chi connectivity index (χ0n) is 7.50. The number of hydrazine groups is 1. The summed E-state index contributed by atoms with van der Waals surface area (Å²) < 4.78 is 5.60. The molecule has 0 amide bonds. The van der Waals surface area contributed by atoms with Gasteiger partial charge < -0.3 is 4.42 Å². The third-order valence-corrected chi connectivity index (χ3v) is 2.21. The van der Waals surface area contributed by atoms with Gasteiger partial charge in [-0.25, -0.2) is 0 Å². The number of para-hydroxylation sites is 1. The summed E-state index contributed by atoms with van der Waals surface area (Å²) in [5, 5.41) is 1.16. The Kier molecular flexibility index (Phi) is 2.04. The Bertz CT molecular complexity index is 420. The highest BCUT2D eigenvalue weighted by Crippen LogP contribution is 2.24. The Hall–Kier alpha value is -1.32. The second-order valence-corrected chi connectivity index (χ2v) is 3.03. The fourth-order valence-electron chi connectivity index (χ4n) is 1.49. The van der Waals surface area contributed by atoms with E-state index in [0.29, 0.717) is 6.54 Å². The molecule has 0 spiro atoms. The SMILES string of the molecule is Cc1c(CNN)oc2ccccc12. The predicted octanol–water partition coefficient (Wildman–Crippen LogP) is 1.70. The maximum absolute atomic E-state index is 5.60. The first-order chi connectivity index (χ1) is 6.33. The molecule has 0 aliphatic carbocycles. The van der Waals surface area contributed by atoms with Gasteiger partial charge in [-0.15, -0.1) is 0 Å². The van der Waals surface area contributed by atoms with Gasteiger partial charge in [-0.3, -0.25) is 11.3 Å². The van der Waals surface area contributed by atoms with Crippen molar-refractivity contribution in [2.45, 2.75) is 13.5 Å². The van der Waals surface area contributed by atoms with Gasteiger partial charge in [0.2, 0.25) is 0 Å². The van der Waals surface area contributed by atoms with Crippen LogP contribution in [0.25, 0.3) is 11.0 Å². The number of hydrogen-bond donors (Lipinski definition) is 2. The third-order valence-electron chi connectivity index (χ3n) is 2.21. The van der Waals surface area contributed by atoms with E-state index in [1.54, 1.807) is 0 Å². The van der Waals surface area contributed by atoms with Crippen LogP contribution in [0, 0.1) is 6.92 Å². The summed E-state index contributed by atoms with van der Waals surface area (Å²) in [6.07, 6.45) is 0. The quantitative estimate of drug-likeness (QED) is 0.541. The number of nitrogens with one attached hydrogen (secondary N) is 1. The highest BCUT2D eigenvalue weighted by molar-refractivity contribution is 5.81. The number of nitrogens with two attached hydrogens (primary N) is 1. The van der Waals surface area contributed by atoms with Crippen LogP contribution < -0.4 is 11.3 Å². The minimum atomic E-state index is 0.570. The molecule has 1 aromatic carbocycles. The van der Waals surface area contributed by atoms with Crippen LogP contribution in [-0.2, 0) is 6.54 Å². The van der Waals surface area contributed by atoms with Crippen LogP contribution in [0.1, 0.15) is 11.3 Å². The highest BCUT2D eigenvalue weighted by Gasteiger charge is 2.07. The molecule has 0 aliphatic heterocycles. The zero-order chi connectivity index (χ0) is 9.26. The largest absolute Gasteiger partial charge is 0.459 e. The number of fused-ring (bicyclic) bond motifs is 1. The minimum Gasteiger partial charge on any atom is -0.459 e. The predicted molar refractivity (Wildman–Crippen MR) is 52.0 cm³/mol. The minimum absolute atomic E-state index is 0.570. The van der Waals surface area contributed by atoms with E-state index >= 15 is 0 Å². The Morgan fingerprint density at radius 3 is 2.85 bits per heavy atom. The molecule has 3 heteroatoms. The van der Waals surface area contributed by atoms with Crippen molar-refractivity contribution in [3.8, 4) is 0 Å². The molecule has 0 saturated heterocycles. The lowest BCUT2D eigenvalue weighted by Gasteiger charge is -1.94. The summed E-state index contributed by atoms with van der Waals surface area (Å²) in [6.45, 7) is 2.61. The van der Waals surface area contributed by atoms with Crippen LogP contribution >= 0.6 is 0 Å². The van der Waals surface area contributed by atoms with Gasteiger partial charge in [0, 0.05) is 5.39 Å². The smallest absolute Gasteiger partial charge is 0.134 e. The molecule has 1 aromatic heterocycles. The molecule has 68 valence electrons. The van der Waals surface area contributed by atoms with Gasteiger partial charge in [0.15, 0.2) is 0 Å². The fourth-order valence-corrected chi connectivity index (χ4v) is 1.49. The number of furan rings is 1. The molecule has 2 aromatic rings. The summed E-state index contributed by atoms with van der Waals surface area (Å²) in [6, 6.07) is 7.98. The van der Waals surface area contributed by atoms with Gasteiger partial charge in [0.05, 0.1) is 6.54 Å². The molecule has 0 aliphatic rings. The average molecular weight is 176 g/mol. The van der Waals surface area contributed by atoms with Gasteiger partial charge in [0.25, 0.3) is 0 Å². The second kappa shape index (κ2) is 3.20. The van der Waals surface area contributed by atoms with Crippen LogP contribution in [0.4, 0.5) is 0 Å². The first kappa shape index (κ1) is 8.29. The van der Waals surface area contributed by atoms with Crippen molar-refractivity contribution >= 4 is 11.0 Å². The normalized spacial score (nSPS) is 10.9. The lowest BCUT2D eigenvalue weighted by atomic mass is 10.1. The average Bonchev–Trinajstić information content (AvgIpc) is 2.46. The molecule has 0 radical (unpaired) electrons. The molecule has 13 heavy (non-hydrogen) atoms. The standard InChI is InChI=1S/C10H12N2O/c1-7-8-4-2-3-5-9(8)13-10(7)6-12-11/h2-5,12H,6,11H2,1H3. The van der Waals surface area contributed by atoms with Crippen molar-refractivity contribution in [2.75, 3.05) is 0 Å². The van der Waals surface area contributed by atoms with Gasteiger partial charge in [-0.1, -0.05) is 18.2 Å². The van der Waals surface area contributed by atoms with Crippen LogP contribution in [0.15, 0.2) is 28.7 Å². The summed E-state index contributed by atoms with van der Waals surface area (Å²) in [5.41, 5.74) is 4.67. The van der Waals surface area contributed by atoms with E-state index in [0.717, 1.165) is 22.3 Å². The Balaban J connectivity index is 2.60. The van der Waals surface area contributed by atoms with Crippen molar-refractivity contribution in [3.63, 3.8) is 0 Å². The molecule has 0 bridgehead atoms. The molecule has 0 saturated carbocycles. The summed E-state index contributed by atoms with van der Waals surface area (Å²) >= 11 is 0. The highest BCUT2D eigenvalue weighted by atomic mass is 16.3. The summed E-state index contributed by atoms with van der Waals surface area (Å²) in [4.78, 5) is 0. The summed E-state index contributed by atoms with van der Waals surface area (Å²) in [7, 11) is 0. The molecule has 3 nitrogen and oxygen atoms in total. The lowest BCUT2D eigenvalue weighted by Crippen LogP contribution is -2.20. The number of hydrogen-bond acceptors (Lipinski definition) is 3. The number of benzene rings is 1. The first-order valence-electron chi connectivity index (χ1n) is 4.23. The van der Waals surface area contributed by atoms with Crippen molar-refractivity contribution in [3.05, 3.63) is 35.6 Å². The molecule has 2 rings (SSSR count). The van der Waals surface area contributed by atoms with E-state index in [9.17, 15) is 0 Å². The Labute approximate surface area is 76.5 Å². The Morgan fingerprint density at radius 2 is 2.15 bits per heavy atom. The van der Waals surface area contributed by atoms with Gasteiger partial charge in [-0.2, -0.15) is 0 Å². The molecule has 3 N–H and O–H groups in total. The number of aryl methyl sites for hydroxylation is 1. The van der Waals surface area contributed by atoms with Gasteiger partial charge in [0.1, 0.15) is 11.3 Å². The molecule has 0 atom stereocenters. The van der Waals surface area contributed by atoms with Crippen molar-refractivity contribution in [1.29, 1.82) is 0 Å². The van der Waals surface area contributed by atoms with E-state index < -0.39 is 0 Å². The maximum atomic E-state index is 5.60. The van der Waals surface area contributed by atoms with E-state index in [1.165, 1.54) is 0 Å². The van der Waals surface area contributed by atoms with Crippen molar-refractivity contribution in [1.82, 2.24) is 5.43 Å². The monoisotopic (exact) mass is 176 g/mol. The van der Waals surface area contributed by atoms with Gasteiger partial charge >= 0.3 is 0 Å². The number of rotatable bonds is 2. The Morgan fingerprint density at radius 1 is 1.38 bits per heavy atom. The van der Waals surface area contributed by atoms with Crippen LogP contribution in [0.2, 0.25) is 0 Å². The van der Waals surface area contributed by atoms with E-state index in [4.69, 9.17) is 10.3 Å². The van der Waals surface area contributed by atoms with E-state index in [1.807, 2.05) is 31.2 Å².